The average molecular weight is 658 g/mol. The number of aryl methyl sites for hydroxylation is 1. The Morgan fingerprint density at radius 1 is 1.02 bits per heavy atom. The van der Waals surface area contributed by atoms with Crippen molar-refractivity contribution in [1.82, 2.24) is 20.3 Å². The number of carbonyl (C=O) groups is 2. The maximum Gasteiger partial charge on any atom is 0.410 e. The van der Waals surface area contributed by atoms with Crippen LogP contribution in [0.25, 0.3) is 11.3 Å². The molecule has 1 fully saturated rings. The SMILES string of the molecule is COCCOCCNC(=O)OCOC(=O)[C@H]1CC[C@H]([C@@](C)(O)c2ccc(-c3cc(C)cc(Nc4cc(C(F)F)ccn4)n3)cn2)CC1. The summed E-state index contributed by atoms with van der Waals surface area (Å²) in [5, 5.41) is 17.0. The summed E-state index contributed by atoms with van der Waals surface area (Å²) >= 11 is 0. The van der Waals surface area contributed by atoms with Gasteiger partial charge in [0.15, 0.2) is 0 Å². The molecule has 0 aliphatic heterocycles. The van der Waals surface area contributed by atoms with Crippen LogP contribution in [-0.4, -0.2) is 72.4 Å². The number of hydrogen-bond acceptors (Lipinski definition) is 11. The second kappa shape index (κ2) is 17.0. The first-order chi connectivity index (χ1) is 22.6. The molecule has 4 rings (SSSR count). The van der Waals surface area contributed by atoms with E-state index >= 15 is 0 Å². The Hall–Kier alpha value is -4.27. The smallest absolute Gasteiger partial charge is 0.410 e. The predicted molar refractivity (Wildman–Crippen MR) is 168 cm³/mol. The van der Waals surface area contributed by atoms with Gasteiger partial charge in [0.05, 0.1) is 37.1 Å². The Morgan fingerprint density at radius 3 is 2.51 bits per heavy atom. The number of esters is 1. The number of alkyl halides is 2. The summed E-state index contributed by atoms with van der Waals surface area (Å²) in [6.07, 6.45) is 1.82. The minimum atomic E-state index is -2.61. The summed E-state index contributed by atoms with van der Waals surface area (Å²) < 4.78 is 46.4. The van der Waals surface area contributed by atoms with Crippen LogP contribution in [0.1, 0.15) is 55.9 Å². The van der Waals surface area contributed by atoms with Gasteiger partial charge in [-0.3, -0.25) is 9.78 Å². The van der Waals surface area contributed by atoms with E-state index in [9.17, 15) is 23.5 Å². The number of nitrogens with one attached hydrogen (secondary N) is 2. The molecule has 1 atom stereocenters. The Morgan fingerprint density at radius 2 is 1.81 bits per heavy atom. The van der Waals surface area contributed by atoms with Crippen LogP contribution in [-0.2, 0) is 29.3 Å². The molecule has 0 unspecified atom stereocenters. The number of alkyl carbamates (subject to hydrolysis) is 1. The van der Waals surface area contributed by atoms with Crippen molar-refractivity contribution >= 4 is 23.7 Å². The standard InChI is InChI=1S/C33H41F2N5O7/c1-21-16-26(39-29(17-21)40-28-18-23(30(34)35)10-11-36-28)24-6-9-27(38-19-24)33(2,43)25-7-4-22(5-8-25)31(41)46-20-47-32(42)37-12-13-45-15-14-44-3/h6,9-11,16-19,22,25,30,43H,4-5,7-8,12-15,20H2,1-3H3,(H,37,42)(H,36,39,40)/t22-,25-,33-/m1/s1. The van der Waals surface area contributed by atoms with E-state index in [1.54, 1.807) is 32.4 Å². The molecule has 254 valence electrons. The quantitative estimate of drug-likeness (QED) is 0.109. The van der Waals surface area contributed by atoms with E-state index in [0.717, 1.165) is 5.56 Å². The van der Waals surface area contributed by atoms with E-state index in [1.165, 1.54) is 18.3 Å². The molecule has 47 heavy (non-hydrogen) atoms. The van der Waals surface area contributed by atoms with Crippen LogP contribution in [0, 0.1) is 18.8 Å². The highest BCUT2D eigenvalue weighted by molar-refractivity contribution is 5.73. The topological polar surface area (TPSA) is 154 Å². The minimum Gasteiger partial charge on any atom is -0.428 e. The van der Waals surface area contributed by atoms with Crippen LogP contribution in [0.5, 0.6) is 0 Å². The van der Waals surface area contributed by atoms with E-state index in [-0.39, 0.29) is 29.8 Å². The molecule has 0 radical (unpaired) electrons. The molecule has 3 aromatic heterocycles. The second-order valence-electron chi connectivity index (χ2n) is 11.5. The highest BCUT2D eigenvalue weighted by atomic mass is 19.3. The molecule has 3 aromatic rings. The third kappa shape index (κ3) is 10.4. The van der Waals surface area contributed by atoms with Gasteiger partial charge in [-0.15, -0.1) is 0 Å². The van der Waals surface area contributed by atoms with Gasteiger partial charge < -0.3 is 34.7 Å². The minimum absolute atomic E-state index is 0.137. The first-order valence-electron chi connectivity index (χ1n) is 15.4. The lowest BCUT2D eigenvalue weighted by atomic mass is 9.73. The third-order valence-corrected chi connectivity index (χ3v) is 8.03. The van der Waals surface area contributed by atoms with Crippen molar-refractivity contribution in [3.8, 4) is 11.3 Å². The summed E-state index contributed by atoms with van der Waals surface area (Å²) in [4.78, 5) is 37.6. The fourth-order valence-electron chi connectivity index (χ4n) is 5.39. The van der Waals surface area contributed by atoms with E-state index < -0.39 is 30.9 Å². The van der Waals surface area contributed by atoms with E-state index in [0.29, 0.717) is 68.3 Å². The number of aliphatic hydroxyl groups is 1. The zero-order chi connectivity index (χ0) is 33.8. The maximum atomic E-state index is 13.1. The Bertz CT molecular complexity index is 1470. The number of rotatable bonds is 15. The van der Waals surface area contributed by atoms with Crippen molar-refractivity contribution < 1.29 is 42.4 Å². The van der Waals surface area contributed by atoms with Gasteiger partial charge in [0.25, 0.3) is 6.43 Å². The lowest BCUT2D eigenvalue weighted by molar-refractivity contribution is -0.159. The maximum absolute atomic E-state index is 13.1. The summed E-state index contributed by atoms with van der Waals surface area (Å²) in [5.74, 6) is -0.242. The lowest BCUT2D eigenvalue weighted by Crippen LogP contribution is -2.37. The number of methoxy groups -OCH3 is 1. The molecule has 1 aliphatic rings. The number of aromatic nitrogens is 3. The average Bonchev–Trinajstić information content (AvgIpc) is 3.06. The molecule has 1 saturated carbocycles. The zero-order valence-electron chi connectivity index (χ0n) is 26.7. The van der Waals surface area contributed by atoms with Crippen LogP contribution >= 0.6 is 0 Å². The van der Waals surface area contributed by atoms with Gasteiger partial charge in [-0.1, -0.05) is 0 Å². The molecule has 1 amide bonds. The van der Waals surface area contributed by atoms with Gasteiger partial charge in [0, 0.05) is 37.2 Å². The Labute approximate surface area is 272 Å². The first-order valence-corrected chi connectivity index (χ1v) is 15.4. The number of nitrogens with zero attached hydrogens (tertiary/aromatic N) is 3. The van der Waals surface area contributed by atoms with Crippen molar-refractivity contribution in [1.29, 1.82) is 0 Å². The molecular weight excluding hydrogens is 616 g/mol. The highest BCUT2D eigenvalue weighted by Gasteiger charge is 2.39. The van der Waals surface area contributed by atoms with Crippen molar-refractivity contribution in [3.63, 3.8) is 0 Å². The van der Waals surface area contributed by atoms with Crippen LogP contribution in [0.3, 0.4) is 0 Å². The van der Waals surface area contributed by atoms with Gasteiger partial charge in [-0.2, -0.15) is 0 Å². The number of amides is 1. The second-order valence-corrected chi connectivity index (χ2v) is 11.5. The molecule has 0 spiro atoms. The van der Waals surface area contributed by atoms with Gasteiger partial charge in [-0.05, 0) is 87.4 Å². The first kappa shape index (κ1) is 35.6. The fourth-order valence-corrected chi connectivity index (χ4v) is 5.39. The molecule has 0 aromatic carbocycles. The molecule has 3 heterocycles. The van der Waals surface area contributed by atoms with Crippen molar-refractivity contribution in [2.75, 3.05) is 45.6 Å². The number of ether oxygens (including phenoxy) is 4. The fraction of sp³-hybridized carbons (Fsp3) is 0.485. The number of halogens is 2. The van der Waals surface area contributed by atoms with Crippen molar-refractivity contribution in [3.05, 3.63) is 65.6 Å². The zero-order valence-corrected chi connectivity index (χ0v) is 26.7. The van der Waals surface area contributed by atoms with E-state index in [4.69, 9.17) is 18.9 Å². The molecule has 14 heteroatoms. The van der Waals surface area contributed by atoms with Crippen LogP contribution in [0.2, 0.25) is 0 Å². The normalized spacial score (nSPS) is 17.5. The monoisotopic (exact) mass is 657 g/mol. The van der Waals surface area contributed by atoms with Gasteiger partial charge in [0.2, 0.25) is 6.79 Å². The van der Waals surface area contributed by atoms with E-state index in [1.807, 2.05) is 19.1 Å². The molecule has 1 aliphatic carbocycles. The van der Waals surface area contributed by atoms with E-state index in [2.05, 4.69) is 25.6 Å². The number of carbonyl (C=O) groups excluding carboxylic acids is 2. The predicted octanol–water partition coefficient (Wildman–Crippen LogP) is 5.43. The highest BCUT2D eigenvalue weighted by Crippen LogP contribution is 2.41. The number of anilines is 2. The van der Waals surface area contributed by atoms with Gasteiger partial charge >= 0.3 is 12.1 Å². The van der Waals surface area contributed by atoms with Crippen molar-refractivity contribution in [2.24, 2.45) is 11.8 Å². The third-order valence-electron chi connectivity index (χ3n) is 8.03. The summed E-state index contributed by atoms with van der Waals surface area (Å²) in [7, 11) is 1.57. The van der Waals surface area contributed by atoms with Gasteiger partial charge in [-0.25, -0.2) is 23.5 Å². The van der Waals surface area contributed by atoms with Crippen LogP contribution in [0.15, 0.2) is 48.8 Å². The van der Waals surface area contributed by atoms with Crippen LogP contribution < -0.4 is 10.6 Å². The molecule has 0 saturated heterocycles. The molecular formula is C33H41F2N5O7. The lowest BCUT2D eigenvalue weighted by Gasteiger charge is -2.37. The van der Waals surface area contributed by atoms with Gasteiger partial charge in [0.1, 0.15) is 17.2 Å². The number of pyridine rings is 3. The Balaban J connectivity index is 1.26. The Kier molecular flexibility index (Phi) is 12.9. The summed E-state index contributed by atoms with van der Waals surface area (Å²) in [6, 6.07) is 9.79. The largest absolute Gasteiger partial charge is 0.428 e. The molecule has 0 bridgehead atoms. The summed E-state index contributed by atoms with van der Waals surface area (Å²) in [6.45, 7) is 4.56. The molecule has 3 N–H and O–H groups in total. The van der Waals surface area contributed by atoms with Crippen LogP contribution in [0.4, 0.5) is 25.2 Å². The summed E-state index contributed by atoms with van der Waals surface area (Å²) in [5.41, 5.74) is 1.33. The molecule has 12 nitrogen and oxygen atoms in total. The number of hydrogen-bond donors (Lipinski definition) is 3. The van der Waals surface area contributed by atoms with Crippen molar-refractivity contribution in [2.45, 2.75) is 51.6 Å².